The molecular weight excluding hydrogens is 601 g/mol. The number of rotatable bonds is 5. The Labute approximate surface area is 290 Å². The second kappa shape index (κ2) is 11.8. The molecule has 0 aliphatic rings. The first kappa shape index (κ1) is 32.4. The summed E-state index contributed by atoms with van der Waals surface area (Å²) in [4.78, 5) is 4.73. The fourth-order valence-electron chi connectivity index (χ4n) is 7.64. The van der Waals surface area contributed by atoms with E-state index in [4.69, 9.17) is 14.8 Å². The van der Waals surface area contributed by atoms with Gasteiger partial charge in [0.1, 0.15) is 17.3 Å². The lowest BCUT2D eigenvalue weighted by atomic mass is 9.70. The maximum atomic E-state index is 6.55. The van der Waals surface area contributed by atoms with Crippen LogP contribution in [0.5, 0.6) is 11.5 Å². The molecule has 0 aliphatic heterocycles. The molecule has 248 valence electrons. The van der Waals surface area contributed by atoms with Crippen LogP contribution in [0, 0.1) is 27.7 Å². The van der Waals surface area contributed by atoms with Gasteiger partial charge < -0.3 is 4.74 Å². The van der Waals surface area contributed by atoms with Crippen LogP contribution in [0.3, 0.4) is 0 Å². The Hall–Kier alpha value is -5.16. The van der Waals surface area contributed by atoms with E-state index in [0.717, 1.165) is 45.0 Å². The van der Waals surface area contributed by atoms with Gasteiger partial charge in [0.2, 0.25) is 0 Å². The highest BCUT2D eigenvalue weighted by atomic mass is 16.5. The summed E-state index contributed by atoms with van der Waals surface area (Å²) < 4.78 is 10.7. The van der Waals surface area contributed by atoms with Crippen LogP contribution in [0.15, 0.2) is 97.5 Å². The zero-order valence-electron chi connectivity index (χ0n) is 30.4. The highest BCUT2D eigenvalue weighted by Crippen LogP contribution is 2.45. The van der Waals surface area contributed by atoms with Gasteiger partial charge in [-0.25, -0.2) is 9.67 Å². The van der Waals surface area contributed by atoms with Crippen molar-refractivity contribution in [2.24, 2.45) is 0 Å². The number of para-hydroxylation sites is 1. The average Bonchev–Trinajstić information content (AvgIpc) is 3.66. The fourth-order valence-corrected chi connectivity index (χ4v) is 7.64. The van der Waals surface area contributed by atoms with Crippen LogP contribution in [0.25, 0.3) is 44.4 Å². The lowest BCUT2D eigenvalue weighted by Gasteiger charge is -2.34. The van der Waals surface area contributed by atoms with Crippen molar-refractivity contribution >= 4 is 21.8 Å². The maximum absolute atomic E-state index is 6.55. The Kier molecular flexibility index (Phi) is 7.78. The van der Waals surface area contributed by atoms with Crippen molar-refractivity contribution in [3.8, 4) is 34.1 Å². The predicted molar refractivity (Wildman–Crippen MR) is 204 cm³/mol. The molecule has 0 spiro atoms. The number of hydrogen-bond donors (Lipinski definition) is 0. The molecule has 0 amide bonds. The van der Waals surface area contributed by atoms with Gasteiger partial charge >= 0.3 is 0 Å². The molecule has 49 heavy (non-hydrogen) atoms. The molecule has 7 rings (SSSR count). The Balaban J connectivity index is 1.29. The summed E-state index contributed by atoms with van der Waals surface area (Å²) in [5.74, 6) is 2.40. The van der Waals surface area contributed by atoms with Crippen LogP contribution in [-0.4, -0.2) is 19.3 Å². The number of pyridine rings is 1. The van der Waals surface area contributed by atoms with Crippen molar-refractivity contribution in [1.82, 2.24) is 19.3 Å². The molecule has 0 saturated carbocycles. The van der Waals surface area contributed by atoms with E-state index >= 15 is 0 Å². The van der Waals surface area contributed by atoms with Crippen LogP contribution in [-0.2, 0) is 10.8 Å². The van der Waals surface area contributed by atoms with E-state index in [1.165, 1.54) is 44.3 Å². The van der Waals surface area contributed by atoms with Gasteiger partial charge in [0, 0.05) is 40.9 Å². The molecule has 4 aromatic carbocycles. The van der Waals surface area contributed by atoms with Crippen molar-refractivity contribution < 1.29 is 4.74 Å². The monoisotopic (exact) mass is 646 g/mol. The SMILES string of the molecule is Cc1ccnc(-n2c3ccccc3c3ccc(Oc4cccc(-n5cc(-c6c(C(C)(C)C)c(C)c(C)c(C)c6C(C)(C)C)cn5)c4)cc32)c1. The molecule has 5 nitrogen and oxygen atoms in total. The van der Waals surface area contributed by atoms with E-state index in [9.17, 15) is 0 Å². The summed E-state index contributed by atoms with van der Waals surface area (Å²) in [6, 6.07) is 27.1. The first-order valence-corrected chi connectivity index (χ1v) is 17.2. The molecule has 3 heterocycles. The molecule has 0 aliphatic carbocycles. The lowest BCUT2D eigenvalue weighted by molar-refractivity contribution is 0.483. The van der Waals surface area contributed by atoms with E-state index in [2.05, 4.69) is 135 Å². The standard InChI is InChI=1S/C44H46N4O/c1-27-20-21-45-39(22-27)48-37-17-12-11-16-35(37)36-19-18-34(24-38(36)48)49-33-15-13-14-32(23-33)47-26-31(25-46-47)40-41(43(5,6)7)29(3)28(2)30(4)42(40)44(8,9)10/h11-26H,1-10H3. The van der Waals surface area contributed by atoms with Gasteiger partial charge in [-0.3, -0.25) is 4.57 Å². The van der Waals surface area contributed by atoms with Crippen molar-refractivity contribution in [2.75, 3.05) is 0 Å². The Morgan fingerprint density at radius 3 is 2.00 bits per heavy atom. The Morgan fingerprint density at radius 1 is 0.633 bits per heavy atom. The van der Waals surface area contributed by atoms with Crippen LogP contribution in [0.4, 0.5) is 0 Å². The second-order valence-corrected chi connectivity index (χ2v) is 15.5. The highest BCUT2D eigenvalue weighted by Gasteiger charge is 2.31. The second-order valence-electron chi connectivity index (χ2n) is 15.5. The summed E-state index contributed by atoms with van der Waals surface area (Å²) in [5.41, 5.74) is 13.6. The van der Waals surface area contributed by atoms with E-state index in [1.807, 2.05) is 41.3 Å². The normalized spacial score (nSPS) is 12.3. The van der Waals surface area contributed by atoms with Gasteiger partial charge in [0.25, 0.3) is 0 Å². The van der Waals surface area contributed by atoms with Gasteiger partial charge in [-0.1, -0.05) is 65.8 Å². The first-order valence-electron chi connectivity index (χ1n) is 17.2. The fraction of sp³-hybridized carbons (Fsp3) is 0.273. The van der Waals surface area contributed by atoms with Gasteiger partial charge in [0.15, 0.2) is 0 Å². The summed E-state index contributed by atoms with van der Waals surface area (Å²) >= 11 is 0. The van der Waals surface area contributed by atoms with Crippen LogP contribution in [0.2, 0.25) is 0 Å². The van der Waals surface area contributed by atoms with E-state index in [-0.39, 0.29) is 10.8 Å². The molecule has 5 heteroatoms. The van der Waals surface area contributed by atoms with E-state index < -0.39 is 0 Å². The van der Waals surface area contributed by atoms with Crippen LogP contribution in [0.1, 0.15) is 74.9 Å². The molecule has 0 bridgehead atoms. The number of aromatic nitrogens is 4. The number of aryl methyl sites for hydroxylation is 1. The Bertz CT molecular complexity index is 2330. The minimum Gasteiger partial charge on any atom is -0.457 e. The molecule has 0 radical (unpaired) electrons. The predicted octanol–water partition coefficient (Wildman–Crippen LogP) is 11.7. The minimum absolute atomic E-state index is 0.0318. The highest BCUT2D eigenvalue weighted by molar-refractivity contribution is 6.09. The third-order valence-electron chi connectivity index (χ3n) is 9.84. The molecule has 0 N–H and O–H groups in total. The van der Waals surface area contributed by atoms with Crippen LogP contribution >= 0.6 is 0 Å². The zero-order chi connectivity index (χ0) is 34.8. The largest absolute Gasteiger partial charge is 0.457 e. The third kappa shape index (κ3) is 5.71. The molecule has 3 aromatic heterocycles. The molecule has 7 aromatic rings. The van der Waals surface area contributed by atoms with Gasteiger partial charge in [-0.2, -0.15) is 5.10 Å². The molecule has 0 unspecified atom stereocenters. The van der Waals surface area contributed by atoms with Crippen molar-refractivity contribution in [3.63, 3.8) is 0 Å². The Morgan fingerprint density at radius 2 is 1.31 bits per heavy atom. The smallest absolute Gasteiger partial charge is 0.137 e. The van der Waals surface area contributed by atoms with Gasteiger partial charge in [0.05, 0.1) is 22.9 Å². The summed E-state index contributed by atoms with van der Waals surface area (Å²) in [6.07, 6.45) is 6.06. The quantitative estimate of drug-likeness (QED) is 0.187. The van der Waals surface area contributed by atoms with Crippen molar-refractivity contribution in [2.45, 2.75) is 80.1 Å². The zero-order valence-corrected chi connectivity index (χ0v) is 30.4. The number of benzene rings is 4. The van der Waals surface area contributed by atoms with Crippen LogP contribution < -0.4 is 4.74 Å². The topological polar surface area (TPSA) is 44.9 Å². The molecule has 0 fully saturated rings. The molecular formula is C44H46N4O. The van der Waals surface area contributed by atoms with Crippen molar-refractivity contribution in [3.05, 3.63) is 131 Å². The van der Waals surface area contributed by atoms with Gasteiger partial charge in [-0.05, 0) is 120 Å². The number of nitrogens with zero attached hydrogens (tertiary/aromatic N) is 4. The van der Waals surface area contributed by atoms with E-state index in [1.54, 1.807) is 0 Å². The first-order chi connectivity index (χ1) is 23.2. The lowest BCUT2D eigenvalue weighted by Crippen LogP contribution is -2.23. The summed E-state index contributed by atoms with van der Waals surface area (Å²) in [5, 5.41) is 7.26. The van der Waals surface area contributed by atoms with Crippen molar-refractivity contribution in [1.29, 1.82) is 0 Å². The van der Waals surface area contributed by atoms with Gasteiger partial charge in [-0.15, -0.1) is 0 Å². The third-order valence-corrected chi connectivity index (χ3v) is 9.84. The maximum Gasteiger partial charge on any atom is 0.137 e. The number of fused-ring (bicyclic) bond motifs is 3. The number of ether oxygens (including phenoxy) is 1. The minimum atomic E-state index is -0.0318. The molecule has 0 saturated heterocycles. The number of hydrogen-bond acceptors (Lipinski definition) is 3. The molecule has 0 atom stereocenters. The summed E-state index contributed by atoms with van der Waals surface area (Å²) in [6.45, 7) is 22.8. The summed E-state index contributed by atoms with van der Waals surface area (Å²) in [7, 11) is 0. The van der Waals surface area contributed by atoms with E-state index in [0.29, 0.717) is 0 Å². The average molecular weight is 647 g/mol.